The quantitative estimate of drug-likeness (QED) is 0.764. The minimum Gasteiger partial charge on any atom is -0.352 e. The van der Waals surface area contributed by atoms with Gasteiger partial charge in [-0.3, -0.25) is 4.79 Å². The second-order valence-corrected chi connectivity index (χ2v) is 9.14. The molecule has 5 nitrogen and oxygen atoms in total. The third-order valence-electron chi connectivity index (χ3n) is 4.46. The molecule has 2 aromatic carbocycles. The molecule has 1 aliphatic heterocycles. The Labute approximate surface area is 169 Å². The maximum Gasteiger partial charge on any atom is 0.251 e. The van der Waals surface area contributed by atoms with Gasteiger partial charge < -0.3 is 5.32 Å². The van der Waals surface area contributed by atoms with Gasteiger partial charge in [-0.05, 0) is 55.2 Å². The molecule has 1 amide bonds. The van der Waals surface area contributed by atoms with Gasteiger partial charge in [-0.25, -0.2) is 8.42 Å². The van der Waals surface area contributed by atoms with Gasteiger partial charge in [0.1, 0.15) is 4.90 Å². The molecule has 2 aromatic rings. The minimum atomic E-state index is -3.69. The van der Waals surface area contributed by atoms with E-state index < -0.39 is 10.0 Å². The van der Waals surface area contributed by atoms with E-state index in [2.05, 4.69) is 5.32 Å². The Kier molecular flexibility index (Phi) is 6.42. The molecule has 0 radical (unpaired) electrons. The Morgan fingerprint density at radius 1 is 1.07 bits per heavy atom. The third kappa shape index (κ3) is 4.82. The van der Waals surface area contributed by atoms with Crippen molar-refractivity contribution in [2.24, 2.45) is 0 Å². The predicted octanol–water partition coefficient (Wildman–Crippen LogP) is 3.75. The Morgan fingerprint density at radius 2 is 1.81 bits per heavy atom. The zero-order valence-electron chi connectivity index (χ0n) is 14.6. The molecule has 1 N–H and O–H groups in total. The Bertz CT molecular complexity index is 942. The van der Waals surface area contributed by atoms with Crippen molar-refractivity contribution in [3.63, 3.8) is 0 Å². The van der Waals surface area contributed by atoms with E-state index in [1.54, 1.807) is 6.07 Å². The fraction of sp³-hybridized carbons (Fsp3) is 0.316. The predicted molar refractivity (Wildman–Crippen MR) is 107 cm³/mol. The van der Waals surface area contributed by atoms with Crippen LogP contribution in [0.25, 0.3) is 0 Å². The standard InChI is InChI=1S/C19H20Cl2N2O3S/c20-16-5-3-4-14(12-16)8-9-22-19(24)15-6-7-17(21)18(13-15)27(25,26)23-10-1-2-11-23/h3-7,12-13H,1-2,8-11H2,(H,22,24). The van der Waals surface area contributed by atoms with Gasteiger partial charge in [0.05, 0.1) is 5.02 Å². The first kappa shape index (κ1) is 20.1. The maximum atomic E-state index is 12.8. The summed E-state index contributed by atoms with van der Waals surface area (Å²) in [5.74, 6) is -0.341. The summed E-state index contributed by atoms with van der Waals surface area (Å²) in [6.07, 6.45) is 2.29. The topological polar surface area (TPSA) is 66.5 Å². The van der Waals surface area contributed by atoms with E-state index in [0.717, 1.165) is 18.4 Å². The van der Waals surface area contributed by atoms with Crippen LogP contribution in [0.2, 0.25) is 10.0 Å². The Hall–Kier alpha value is -1.60. The fourth-order valence-electron chi connectivity index (χ4n) is 3.02. The normalized spacial score (nSPS) is 15.0. The van der Waals surface area contributed by atoms with E-state index in [0.29, 0.717) is 31.1 Å². The Balaban J connectivity index is 1.70. The SMILES string of the molecule is O=C(NCCc1cccc(Cl)c1)c1ccc(Cl)c(S(=O)(=O)N2CCCC2)c1. The lowest BCUT2D eigenvalue weighted by atomic mass is 10.1. The van der Waals surface area contributed by atoms with Crippen LogP contribution in [0.5, 0.6) is 0 Å². The molecule has 0 atom stereocenters. The summed E-state index contributed by atoms with van der Waals surface area (Å²) in [7, 11) is -3.69. The molecule has 1 heterocycles. The number of sulfonamides is 1. The van der Waals surface area contributed by atoms with Crippen molar-refractivity contribution in [2.75, 3.05) is 19.6 Å². The second kappa shape index (κ2) is 8.61. The van der Waals surface area contributed by atoms with Gasteiger partial charge in [0.25, 0.3) is 5.91 Å². The summed E-state index contributed by atoms with van der Waals surface area (Å²) in [6, 6.07) is 11.8. The molecule has 27 heavy (non-hydrogen) atoms. The molecule has 0 aromatic heterocycles. The number of amides is 1. The van der Waals surface area contributed by atoms with Crippen LogP contribution < -0.4 is 5.32 Å². The summed E-state index contributed by atoms with van der Waals surface area (Å²) in [4.78, 5) is 12.4. The maximum absolute atomic E-state index is 12.8. The largest absolute Gasteiger partial charge is 0.352 e. The van der Waals surface area contributed by atoms with E-state index >= 15 is 0 Å². The first-order chi connectivity index (χ1) is 12.9. The number of carbonyl (C=O) groups is 1. The van der Waals surface area contributed by atoms with Crippen molar-refractivity contribution in [1.82, 2.24) is 9.62 Å². The molecule has 8 heteroatoms. The highest BCUT2D eigenvalue weighted by atomic mass is 35.5. The zero-order chi connectivity index (χ0) is 19.4. The fourth-order valence-corrected chi connectivity index (χ4v) is 5.26. The van der Waals surface area contributed by atoms with Crippen LogP contribution in [0, 0.1) is 0 Å². The highest BCUT2D eigenvalue weighted by Crippen LogP contribution is 2.28. The number of nitrogens with one attached hydrogen (secondary N) is 1. The van der Waals surface area contributed by atoms with Gasteiger partial charge in [0, 0.05) is 30.2 Å². The number of benzene rings is 2. The lowest BCUT2D eigenvalue weighted by Gasteiger charge is -2.17. The lowest BCUT2D eigenvalue weighted by Crippen LogP contribution is -2.29. The molecule has 0 spiro atoms. The number of nitrogens with zero attached hydrogens (tertiary/aromatic N) is 1. The molecule has 0 saturated carbocycles. The van der Waals surface area contributed by atoms with E-state index in [9.17, 15) is 13.2 Å². The average molecular weight is 427 g/mol. The van der Waals surface area contributed by atoms with Crippen molar-refractivity contribution < 1.29 is 13.2 Å². The van der Waals surface area contributed by atoms with E-state index in [1.165, 1.54) is 22.5 Å². The molecule has 1 fully saturated rings. The summed E-state index contributed by atoms with van der Waals surface area (Å²) < 4.78 is 26.9. The first-order valence-electron chi connectivity index (χ1n) is 8.70. The molecular weight excluding hydrogens is 407 g/mol. The summed E-state index contributed by atoms with van der Waals surface area (Å²) in [6.45, 7) is 1.37. The highest BCUT2D eigenvalue weighted by molar-refractivity contribution is 7.89. The molecule has 0 aliphatic carbocycles. The van der Waals surface area contributed by atoms with Crippen molar-refractivity contribution in [3.8, 4) is 0 Å². The van der Waals surface area contributed by atoms with Crippen LogP contribution in [0.4, 0.5) is 0 Å². The second-order valence-electron chi connectivity index (χ2n) is 6.39. The van der Waals surface area contributed by atoms with Gasteiger partial charge in [0.2, 0.25) is 10.0 Å². The molecule has 0 unspecified atom stereocenters. The monoisotopic (exact) mass is 426 g/mol. The Morgan fingerprint density at radius 3 is 2.52 bits per heavy atom. The van der Waals surface area contributed by atoms with Crippen LogP contribution in [-0.4, -0.2) is 38.3 Å². The summed E-state index contributed by atoms with van der Waals surface area (Å²) >= 11 is 12.1. The number of hydrogen-bond acceptors (Lipinski definition) is 3. The van der Waals surface area contributed by atoms with Crippen LogP contribution in [0.3, 0.4) is 0 Å². The molecule has 3 rings (SSSR count). The van der Waals surface area contributed by atoms with Gasteiger partial charge in [0.15, 0.2) is 0 Å². The van der Waals surface area contributed by atoms with E-state index in [-0.39, 0.29) is 21.4 Å². The van der Waals surface area contributed by atoms with Gasteiger partial charge >= 0.3 is 0 Å². The van der Waals surface area contributed by atoms with Crippen molar-refractivity contribution in [3.05, 3.63) is 63.6 Å². The molecule has 1 aliphatic rings. The van der Waals surface area contributed by atoms with E-state index in [1.807, 2.05) is 18.2 Å². The van der Waals surface area contributed by atoms with Gasteiger partial charge in [-0.15, -0.1) is 0 Å². The van der Waals surface area contributed by atoms with Crippen molar-refractivity contribution in [2.45, 2.75) is 24.2 Å². The van der Waals surface area contributed by atoms with Crippen LogP contribution in [0.1, 0.15) is 28.8 Å². The van der Waals surface area contributed by atoms with Crippen molar-refractivity contribution in [1.29, 1.82) is 0 Å². The number of hydrogen-bond donors (Lipinski definition) is 1. The molecule has 0 bridgehead atoms. The first-order valence-corrected chi connectivity index (χ1v) is 10.9. The number of halogens is 2. The molecule has 144 valence electrons. The minimum absolute atomic E-state index is 0.0199. The van der Waals surface area contributed by atoms with Crippen LogP contribution in [0.15, 0.2) is 47.4 Å². The zero-order valence-corrected chi connectivity index (χ0v) is 16.9. The number of carbonyl (C=O) groups excluding carboxylic acids is 1. The smallest absolute Gasteiger partial charge is 0.251 e. The molecular formula is C19H20Cl2N2O3S. The molecule has 1 saturated heterocycles. The van der Waals surface area contributed by atoms with Gasteiger partial charge in [-0.1, -0.05) is 35.3 Å². The average Bonchev–Trinajstić information content (AvgIpc) is 3.17. The lowest BCUT2D eigenvalue weighted by molar-refractivity contribution is 0.0954. The third-order valence-corrected chi connectivity index (χ3v) is 7.08. The van der Waals surface area contributed by atoms with Gasteiger partial charge in [-0.2, -0.15) is 4.31 Å². The van der Waals surface area contributed by atoms with Crippen LogP contribution in [-0.2, 0) is 16.4 Å². The number of rotatable bonds is 6. The van der Waals surface area contributed by atoms with Crippen molar-refractivity contribution >= 4 is 39.1 Å². The summed E-state index contributed by atoms with van der Waals surface area (Å²) in [5, 5.41) is 3.57. The van der Waals surface area contributed by atoms with E-state index in [4.69, 9.17) is 23.2 Å². The summed E-state index contributed by atoms with van der Waals surface area (Å²) in [5.41, 5.74) is 1.28. The highest BCUT2D eigenvalue weighted by Gasteiger charge is 2.29. The van der Waals surface area contributed by atoms with Crippen LogP contribution >= 0.6 is 23.2 Å².